The Hall–Kier alpha value is -1.28. The van der Waals surface area contributed by atoms with Gasteiger partial charge in [-0.15, -0.1) is 6.58 Å². The standard InChI is InChI=1S/C12H14ClNO/c1-2-9-14-12(15)8-5-10-3-6-11(13)7-4-10/h2-4,6-7H,1,5,8-9H2,(H,14,15). The molecule has 0 aliphatic carbocycles. The molecule has 0 aliphatic heterocycles. The molecule has 1 N–H and O–H groups in total. The summed E-state index contributed by atoms with van der Waals surface area (Å²) in [5, 5.41) is 3.45. The molecule has 0 unspecified atom stereocenters. The Morgan fingerprint density at radius 1 is 1.40 bits per heavy atom. The molecule has 0 bridgehead atoms. The van der Waals surface area contributed by atoms with Crippen LogP contribution >= 0.6 is 11.6 Å². The number of carbonyl (C=O) groups excluding carboxylic acids is 1. The summed E-state index contributed by atoms with van der Waals surface area (Å²) in [4.78, 5) is 11.3. The Morgan fingerprint density at radius 2 is 2.07 bits per heavy atom. The first-order valence-corrected chi connectivity index (χ1v) is 5.22. The van der Waals surface area contributed by atoms with E-state index < -0.39 is 0 Å². The quantitative estimate of drug-likeness (QED) is 0.764. The maximum Gasteiger partial charge on any atom is 0.220 e. The topological polar surface area (TPSA) is 29.1 Å². The fraction of sp³-hybridized carbons (Fsp3) is 0.250. The number of rotatable bonds is 5. The zero-order valence-electron chi connectivity index (χ0n) is 8.50. The number of halogens is 1. The van der Waals surface area contributed by atoms with Crippen molar-refractivity contribution >= 4 is 17.5 Å². The molecule has 1 aromatic carbocycles. The fourth-order valence-electron chi connectivity index (χ4n) is 1.18. The molecule has 0 atom stereocenters. The minimum absolute atomic E-state index is 0.0462. The highest BCUT2D eigenvalue weighted by Crippen LogP contribution is 2.10. The number of benzene rings is 1. The molecule has 0 aromatic heterocycles. The molecular weight excluding hydrogens is 210 g/mol. The maximum atomic E-state index is 11.3. The third kappa shape index (κ3) is 4.66. The van der Waals surface area contributed by atoms with Gasteiger partial charge in [-0.25, -0.2) is 0 Å². The molecule has 0 heterocycles. The van der Waals surface area contributed by atoms with Crippen molar-refractivity contribution in [2.24, 2.45) is 0 Å². The number of hydrogen-bond donors (Lipinski definition) is 1. The van der Waals surface area contributed by atoms with Gasteiger partial charge in [0.2, 0.25) is 5.91 Å². The van der Waals surface area contributed by atoms with E-state index in [1.165, 1.54) is 0 Å². The van der Waals surface area contributed by atoms with Crippen molar-refractivity contribution in [1.29, 1.82) is 0 Å². The summed E-state index contributed by atoms with van der Waals surface area (Å²) in [6.45, 7) is 4.06. The Kier molecular flexibility index (Phi) is 4.91. The summed E-state index contributed by atoms with van der Waals surface area (Å²) in [5.41, 5.74) is 1.12. The third-order valence-corrected chi connectivity index (χ3v) is 2.25. The lowest BCUT2D eigenvalue weighted by Gasteiger charge is -2.02. The predicted molar refractivity (Wildman–Crippen MR) is 63.0 cm³/mol. The van der Waals surface area contributed by atoms with Crippen molar-refractivity contribution in [1.82, 2.24) is 5.32 Å². The van der Waals surface area contributed by atoms with Gasteiger partial charge in [-0.2, -0.15) is 0 Å². The van der Waals surface area contributed by atoms with E-state index in [0.717, 1.165) is 17.0 Å². The first-order valence-electron chi connectivity index (χ1n) is 4.84. The van der Waals surface area contributed by atoms with Gasteiger partial charge in [-0.05, 0) is 24.1 Å². The molecule has 1 amide bonds. The van der Waals surface area contributed by atoms with Crippen LogP contribution in [-0.2, 0) is 11.2 Å². The van der Waals surface area contributed by atoms with Crippen LogP contribution in [0.1, 0.15) is 12.0 Å². The van der Waals surface area contributed by atoms with Crippen molar-refractivity contribution in [3.05, 3.63) is 47.5 Å². The Labute approximate surface area is 94.9 Å². The van der Waals surface area contributed by atoms with Crippen molar-refractivity contribution in [3.63, 3.8) is 0 Å². The molecule has 0 fully saturated rings. The number of hydrogen-bond acceptors (Lipinski definition) is 1. The lowest BCUT2D eigenvalue weighted by Crippen LogP contribution is -2.23. The van der Waals surface area contributed by atoms with Crippen LogP contribution in [0.4, 0.5) is 0 Å². The van der Waals surface area contributed by atoms with Gasteiger partial charge in [0.05, 0.1) is 0 Å². The highest BCUT2D eigenvalue weighted by molar-refractivity contribution is 6.30. The van der Waals surface area contributed by atoms with Crippen LogP contribution in [0.3, 0.4) is 0 Å². The average Bonchev–Trinajstić information content (AvgIpc) is 2.25. The molecule has 2 nitrogen and oxygen atoms in total. The van der Waals surface area contributed by atoms with Crippen molar-refractivity contribution in [2.75, 3.05) is 6.54 Å². The van der Waals surface area contributed by atoms with Crippen LogP contribution in [-0.4, -0.2) is 12.5 Å². The lowest BCUT2D eigenvalue weighted by molar-refractivity contribution is -0.120. The van der Waals surface area contributed by atoms with E-state index in [9.17, 15) is 4.79 Å². The third-order valence-electron chi connectivity index (χ3n) is 2.00. The summed E-state index contributed by atoms with van der Waals surface area (Å²) < 4.78 is 0. The lowest BCUT2D eigenvalue weighted by atomic mass is 10.1. The second kappa shape index (κ2) is 6.25. The van der Waals surface area contributed by atoms with E-state index in [1.807, 2.05) is 24.3 Å². The Morgan fingerprint density at radius 3 is 2.67 bits per heavy atom. The van der Waals surface area contributed by atoms with Gasteiger partial charge in [0, 0.05) is 18.0 Å². The summed E-state index contributed by atoms with van der Waals surface area (Å²) in [6, 6.07) is 7.53. The summed E-state index contributed by atoms with van der Waals surface area (Å²) in [5.74, 6) is 0.0462. The van der Waals surface area contributed by atoms with Gasteiger partial charge in [0.1, 0.15) is 0 Å². The van der Waals surface area contributed by atoms with Gasteiger partial charge >= 0.3 is 0 Å². The second-order valence-electron chi connectivity index (χ2n) is 3.22. The van der Waals surface area contributed by atoms with E-state index in [1.54, 1.807) is 6.08 Å². The maximum absolute atomic E-state index is 11.3. The zero-order valence-corrected chi connectivity index (χ0v) is 9.26. The highest BCUT2D eigenvalue weighted by Gasteiger charge is 2.00. The van der Waals surface area contributed by atoms with Crippen molar-refractivity contribution in [3.8, 4) is 0 Å². The predicted octanol–water partition coefficient (Wildman–Crippen LogP) is 2.57. The van der Waals surface area contributed by atoms with Crippen LogP contribution < -0.4 is 5.32 Å². The molecule has 80 valence electrons. The number of aryl methyl sites for hydroxylation is 1. The zero-order chi connectivity index (χ0) is 11.1. The summed E-state index contributed by atoms with van der Waals surface area (Å²) in [7, 11) is 0. The normalized spacial score (nSPS) is 9.67. The summed E-state index contributed by atoms with van der Waals surface area (Å²) in [6.07, 6.45) is 2.90. The smallest absolute Gasteiger partial charge is 0.220 e. The largest absolute Gasteiger partial charge is 0.353 e. The van der Waals surface area contributed by atoms with Gasteiger partial charge in [-0.3, -0.25) is 4.79 Å². The molecular formula is C12H14ClNO. The monoisotopic (exact) mass is 223 g/mol. The first kappa shape index (κ1) is 11.8. The summed E-state index contributed by atoms with van der Waals surface area (Å²) >= 11 is 5.75. The van der Waals surface area contributed by atoms with Gasteiger partial charge in [-0.1, -0.05) is 29.8 Å². The molecule has 0 radical (unpaired) electrons. The van der Waals surface area contributed by atoms with Gasteiger partial charge in [0.25, 0.3) is 0 Å². The Bertz CT molecular complexity index is 332. The second-order valence-corrected chi connectivity index (χ2v) is 3.66. The number of nitrogens with one attached hydrogen (secondary N) is 1. The first-order chi connectivity index (χ1) is 7.22. The van der Waals surface area contributed by atoms with Crippen molar-refractivity contribution in [2.45, 2.75) is 12.8 Å². The van der Waals surface area contributed by atoms with E-state index in [-0.39, 0.29) is 5.91 Å². The van der Waals surface area contributed by atoms with Crippen molar-refractivity contribution < 1.29 is 4.79 Å². The molecule has 1 rings (SSSR count). The van der Waals surface area contributed by atoms with Crippen LogP contribution in [0.2, 0.25) is 5.02 Å². The van der Waals surface area contributed by atoms with Crippen LogP contribution in [0, 0.1) is 0 Å². The van der Waals surface area contributed by atoms with Gasteiger partial charge in [0.15, 0.2) is 0 Å². The Balaban J connectivity index is 2.33. The molecule has 15 heavy (non-hydrogen) atoms. The molecule has 1 aromatic rings. The van der Waals surface area contributed by atoms with Gasteiger partial charge < -0.3 is 5.32 Å². The van der Waals surface area contributed by atoms with E-state index in [0.29, 0.717) is 13.0 Å². The molecule has 0 saturated heterocycles. The SMILES string of the molecule is C=CCNC(=O)CCc1ccc(Cl)cc1. The van der Waals surface area contributed by atoms with Crippen LogP contribution in [0.25, 0.3) is 0 Å². The van der Waals surface area contributed by atoms with Crippen LogP contribution in [0.5, 0.6) is 0 Å². The molecule has 3 heteroatoms. The fourth-order valence-corrected chi connectivity index (χ4v) is 1.31. The minimum atomic E-state index is 0.0462. The number of carbonyl (C=O) groups is 1. The molecule has 0 aliphatic rings. The molecule has 0 saturated carbocycles. The van der Waals surface area contributed by atoms with E-state index >= 15 is 0 Å². The van der Waals surface area contributed by atoms with E-state index in [4.69, 9.17) is 11.6 Å². The van der Waals surface area contributed by atoms with Crippen LogP contribution in [0.15, 0.2) is 36.9 Å². The molecule has 0 spiro atoms. The highest BCUT2D eigenvalue weighted by atomic mass is 35.5. The number of amides is 1. The average molecular weight is 224 g/mol. The minimum Gasteiger partial charge on any atom is -0.353 e. The van der Waals surface area contributed by atoms with E-state index in [2.05, 4.69) is 11.9 Å².